The predicted octanol–water partition coefficient (Wildman–Crippen LogP) is 5.75. The van der Waals surface area contributed by atoms with Crippen molar-refractivity contribution in [2.75, 3.05) is 43.5 Å². The zero-order chi connectivity index (χ0) is 26.5. The second-order valence-electron chi connectivity index (χ2n) is 11.1. The first-order chi connectivity index (χ1) is 18.3. The molecule has 0 spiro atoms. The number of nitrogens with one attached hydrogen (secondary N) is 3. The summed E-state index contributed by atoms with van der Waals surface area (Å²) >= 11 is 13.1. The molecule has 10 heteroatoms. The van der Waals surface area contributed by atoms with Crippen LogP contribution in [-0.4, -0.2) is 66.9 Å². The highest BCUT2D eigenvalue weighted by Gasteiger charge is 2.33. The summed E-state index contributed by atoms with van der Waals surface area (Å²) in [5.41, 5.74) is 1.44. The van der Waals surface area contributed by atoms with Crippen LogP contribution in [0.2, 0.25) is 10.0 Å². The average Bonchev–Trinajstić information content (AvgIpc) is 3.28. The number of aromatic nitrogens is 2. The van der Waals surface area contributed by atoms with Gasteiger partial charge >= 0.3 is 0 Å². The minimum atomic E-state index is -0.472. The largest absolute Gasteiger partial charge is 0.381 e. The number of ether oxygens (including phenoxy) is 3. The Kier molecular flexibility index (Phi) is 9.29. The van der Waals surface area contributed by atoms with E-state index in [4.69, 9.17) is 42.4 Å². The van der Waals surface area contributed by atoms with Crippen molar-refractivity contribution >= 4 is 34.8 Å². The molecule has 2 aliphatic heterocycles. The maximum atomic E-state index is 6.57. The van der Waals surface area contributed by atoms with Gasteiger partial charge in [-0.2, -0.15) is 0 Å². The Morgan fingerprint density at radius 1 is 0.947 bits per heavy atom. The van der Waals surface area contributed by atoms with Crippen LogP contribution in [0.15, 0.2) is 24.4 Å². The van der Waals surface area contributed by atoms with Crippen LogP contribution in [0.3, 0.4) is 0 Å². The van der Waals surface area contributed by atoms with Crippen molar-refractivity contribution in [1.29, 1.82) is 0 Å². The van der Waals surface area contributed by atoms with Gasteiger partial charge in [-0.3, -0.25) is 0 Å². The van der Waals surface area contributed by atoms with Gasteiger partial charge in [0.25, 0.3) is 0 Å². The highest BCUT2D eigenvalue weighted by molar-refractivity contribution is 6.36. The van der Waals surface area contributed by atoms with E-state index in [0.29, 0.717) is 40.3 Å². The van der Waals surface area contributed by atoms with Gasteiger partial charge in [0.05, 0.1) is 28.5 Å². The van der Waals surface area contributed by atoms with E-state index in [9.17, 15) is 0 Å². The van der Waals surface area contributed by atoms with E-state index in [1.807, 2.05) is 32.0 Å². The number of halogens is 2. The second kappa shape index (κ2) is 12.7. The summed E-state index contributed by atoms with van der Waals surface area (Å²) in [6.07, 6.45) is 8.26. The molecule has 4 heterocycles. The third-order valence-electron chi connectivity index (χ3n) is 7.65. The summed E-state index contributed by atoms with van der Waals surface area (Å²) in [7, 11) is 0. The predicted molar refractivity (Wildman–Crippen MR) is 152 cm³/mol. The molecule has 2 saturated heterocycles. The van der Waals surface area contributed by atoms with Crippen LogP contribution in [0.4, 0.5) is 11.6 Å². The summed E-state index contributed by atoms with van der Waals surface area (Å²) in [4.78, 5) is 9.35. The first kappa shape index (κ1) is 27.9. The number of nitrogens with zero attached hydrogens (tertiary/aromatic N) is 2. The third-order valence-corrected chi connectivity index (χ3v) is 8.26. The molecule has 1 atom stereocenters. The van der Waals surface area contributed by atoms with Crippen LogP contribution in [0.25, 0.3) is 11.3 Å². The summed E-state index contributed by atoms with van der Waals surface area (Å²) in [6, 6.07) is 6.60. The van der Waals surface area contributed by atoms with Crippen LogP contribution >= 0.6 is 23.2 Å². The lowest BCUT2D eigenvalue weighted by Gasteiger charge is -2.30. The Hall–Kier alpha value is -1.68. The fraction of sp³-hybridized carbons (Fsp3) is 0.643. The SMILES string of the molecule is CC1(C)OC[C@@H](CNC2CCC(Nc3cc(-c4nc(NCC5CCOCC5)ccc4Cl)c(Cl)cn3)CC2)O1. The van der Waals surface area contributed by atoms with Crippen molar-refractivity contribution in [2.24, 2.45) is 5.92 Å². The molecule has 5 rings (SSSR count). The Labute approximate surface area is 235 Å². The lowest BCUT2D eigenvalue weighted by atomic mass is 9.91. The van der Waals surface area contributed by atoms with Crippen molar-refractivity contribution in [3.8, 4) is 11.3 Å². The molecule has 38 heavy (non-hydrogen) atoms. The number of pyridine rings is 2. The fourth-order valence-electron chi connectivity index (χ4n) is 5.44. The minimum Gasteiger partial charge on any atom is -0.381 e. The molecular formula is C28H39Cl2N5O3. The maximum absolute atomic E-state index is 6.57. The molecule has 1 aliphatic carbocycles. The number of hydrogen-bond donors (Lipinski definition) is 3. The Balaban J connectivity index is 1.15. The van der Waals surface area contributed by atoms with Gasteiger partial charge < -0.3 is 30.2 Å². The molecule has 3 fully saturated rings. The third kappa shape index (κ3) is 7.49. The molecule has 0 unspecified atom stereocenters. The van der Waals surface area contributed by atoms with Crippen molar-refractivity contribution in [2.45, 2.75) is 76.3 Å². The first-order valence-corrected chi connectivity index (χ1v) is 14.6. The molecule has 3 aliphatic rings. The van der Waals surface area contributed by atoms with Crippen LogP contribution < -0.4 is 16.0 Å². The lowest BCUT2D eigenvalue weighted by molar-refractivity contribution is -0.137. The molecule has 2 aromatic heterocycles. The molecule has 0 bridgehead atoms. The van der Waals surface area contributed by atoms with Gasteiger partial charge in [-0.15, -0.1) is 0 Å². The van der Waals surface area contributed by atoms with E-state index in [0.717, 1.165) is 82.0 Å². The zero-order valence-electron chi connectivity index (χ0n) is 22.3. The molecular weight excluding hydrogens is 525 g/mol. The van der Waals surface area contributed by atoms with Gasteiger partial charge in [0.15, 0.2) is 5.79 Å². The van der Waals surface area contributed by atoms with Crippen LogP contribution in [-0.2, 0) is 14.2 Å². The zero-order valence-corrected chi connectivity index (χ0v) is 23.8. The van der Waals surface area contributed by atoms with Crippen molar-refractivity contribution in [3.63, 3.8) is 0 Å². The minimum absolute atomic E-state index is 0.119. The number of anilines is 2. The molecule has 3 N–H and O–H groups in total. The molecule has 1 saturated carbocycles. The van der Waals surface area contributed by atoms with E-state index >= 15 is 0 Å². The summed E-state index contributed by atoms with van der Waals surface area (Å²) in [6.45, 7) is 7.93. The van der Waals surface area contributed by atoms with E-state index < -0.39 is 5.79 Å². The van der Waals surface area contributed by atoms with Crippen LogP contribution in [0, 0.1) is 5.92 Å². The maximum Gasteiger partial charge on any atom is 0.163 e. The summed E-state index contributed by atoms with van der Waals surface area (Å²) < 4.78 is 17.0. The molecule has 0 radical (unpaired) electrons. The van der Waals surface area contributed by atoms with E-state index in [2.05, 4.69) is 20.9 Å². The molecule has 208 valence electrons. The van der Waals surface area contributed by atoms with Gasteiger partial charge in [-0.05, 0) is 76.5 Å². The van der Waals surface area contributed by atoms with Gasteiger partial charge in [0.1, 0.15) is 11.6 Å². The van der Waals surface area contributed by atoms with Crippen LogP contribution in [0.5, 0.6) is 0 Å². The average molecular weight is 565 g/mol. The van der Waals surface area contributed by atoms with Gasteiger partial charge in [-0.25, -0.2) is 9.97 Å². The monoisotopic (exact) mass is 563 g/mol. The fourth-order valence-corrected chi connectivity index (χ4v) is 5.84. The van der Waals surface area contributed by atoms with Gasteiger partial charge in [0, 0.05) is 50.1 Å². The number of hydrogen-bond acceptors (Lipinski definition) is 8. The molecule has 0 aromatic carbocycles. The first-order valence-electron chi connectivity index (χ1n) is 13.8. The number of rotatable bonds is 9. The molecule has 0 amide bonds. The van der Waals surface area contributed by atoms with E-state index in [1.54, 1.807) is 6.20 Å². The normalized spacial score (nSPS) is 25.8. The standard InChI is InChI=1S/C28H39Cl2N5O3/c1-28(2)37-17-21(38-28)15-31-19-3-5-20(6-4-19)34-26-13-22(24(30)16-33-26)27-23(29)7-8-25(35-27)32-14-18-9-11-36-12-10-18/h7-8,13,16,18-21,31H,3-6,9-12,14-15,17H2,1-2H3,(H,32,35)(H,33,34)/t19?,20?,21-/m1/s1. The van der Waals surface area contributed by atoms with E-state index in [1.165, 1.54) is 0 Å². The van der Waals surface area contributed by atoms with E-state index in [-0.39, 0.29) is 6.10 Å². The Morgan fingerprint density at radius 3 is 2.45 bits per heavy atom. The van der Waals surface area contributed by atoms with Gasteiger partial charge in [0.2, 0.25) is 0 Å². The molecule has 2 aromatic rings. The lowest BCUT2D eigenvalue weighted by Crippen LogP contribution is -2.41. The second-order valence-corrected chi connectivity index (χ2v) is 11.9. The summed E-state index contributed by atoms with van der Waals surface area (Å²) in [5, 5.41) is 11.8. The highest BCUT2D eigenvalue weighted by Crippen LogP contribution is 2.34. The van der Waals surface area contributed by atoms with Crippen molar-refractivity contribution in [1.82, 2.24) is 15.3 Å². The van der Waals surface area contributed by atoms with Gasteiger partial charge in [-0.1, -0.05) is 23.2 Å². The quantitative estimate of drug-likeness (QED) is 0.355. The van der Waals surface area contributed by atoms with Crippen molar-refractivity contribution < 1.29 is 14.2 Å². The summed E-state index contributed by atoms with van der Waals surface area (Å²) in [5.74, 6) is 1.70. The van der Waals surface area contributed by atoms with Crippen LogP contribution in [0.1, 0.15) is 52.4 Å². The smallest absolute Gasteiger partial charge is 0.163 e. The topological polar surface area (TPSA) is 89.6 Å². The molecule has 8 nitrogen and oxygen atoms in total. The Bertz CT molecular complexity index is 1070. The highest BCUT2D eigenvalue weighted by atomic mass is 35.5. The van der Waals surface area contributed by atoms with Crippen molar-refractivity contribution in [3.05, 3.63) is 34.4 Å². The Morgan fingerprint density at radius 2 is 1.71 bits per heavy atom.